The van der Waals surface area contributed by atoms with E-state index in [-0.39, 0.29) is 0 Å². The van der Waals surface area contributed by atoms with Gasteiger partial charge in [-0.15, -0.1) is 0 Å². The van der Waals surface area contributed by atoms with Crippen molar-refractivity contribution < 1.29 is 0 Å². The summed E-state index contributed by atoms with van der Waals surface area (Å²) in [5, 5.41) is 0. The van der Waals surface area contributed by atoms with Gasteiger partial charge in [0.25, 0.3) is 0 Å². The second-order valence-electron chi connectivity index (χ2n) is 6.44. The minimum Gasteiger partial charge on any atom is -0.397 e. The summed E-state index contributed by atoms with van der Waals surface area (Å²) in [6.45, 7) is 2.34. The number of rotatable bonds is 2. The van der Waals surface area contributed by atoms with E-state index >= 15 is 0 Å². The molecule has 2 aliphatic heterocycles. The van der Waals surface area contributed by atoms with Crippen LogP contribution in [-0.4, -0.2) is 18.8 Å². The van der Waals surface area contributed by atoms with E-state index in [2.05, 4.69) is 23.1 Å². The molecule has 2 aromatic carbocycles. The Morgan fingerprint density at radius 1 is 0.870 bits per heavy atom. The summed E-state index contributed by atoms with van der Waals surface area (Å²) in [6.07, 6.45) is 4.81. The molecular weight excluding hydrogens is 284 g/mol. The van der Waals surface area contributed by atoms with Crippen LogP contribution in [0.15, 0.2) is 41.4 Å². The molecule has 4 rings (SSSR count). The maximum absolute atomic E-state index is 5.93. The lowest BCUT2D eigenvalue weighted by Crippen LogP contribution is -2.29. The first-order valence-corrected chi connectivity index (χ1v) is 8.31. The van der Waals surface area contributed by atoms with Gasteiger partial charge in [0.05, 0.1) is 22.8 Å². The SMILES string of the molecule is Nc1ccc(C2=Nc3ccc(N4CCCCC4)cc3C2)cc1N. The highest BCUT2D eigenvalue weighted by atomic mass is 15.1. The molecule has 118 valence electrons. The van der Waals surface area contributed by atoms with Crippen LogP contribution in [0.4, 0.5) is 22.7 Å². The summed E-state index contributed by atoms with van der Waals surface area (Å²) < 4.78 is 0. The fraction of sp³-hybridized carbons (Fsp3) is 0.316. The number of fused-ring (bicyclic) bond motifs is 1. The van der Waals surface area contributed by atoms with Crippen LogP contribution < -0.4 is 16.4 Å². The predicted octanol–water partition coefficient (Wildman–Crippen LogP) is 3.52. The molecule has 0 radical (unpaired) electrons. The number of nitrogen functional groups attached to an aromatic ring is 2. The van der Waals surface area contributed by atoms with Crippen LogP contribution >= 0.6 is 0 Å². The zero-order valence-electron chi connectivity index (χ0n) is 13.3. The number of hydrogen-bond acceptors (Lipinski definition) is 4. The Bertz CT molecular complexity index is 773. The van der Waals surface area contributed by atoms with Gasteiger partial charge in [-0.25, -0.2) is 0 Å². The monoisotopic (exact) mass is 306 g/mol. The number of aliphatic imine (C=N–C) groups is 1. The molecule has 0 saturated carbocycles. The molecule has 2 aliphatic rings. The third-order valence-electron chi connectivity index (χ3n) is 4.82. The fourth-order valence-corrected chi connectivity index (χ4v) is 3.46. The van der Waals surface area contributed by atoms with Crippen LogP contribution in [0.3, 0.4) is 0 Å². The molecule has 0 unspecified atom stereocenters. The summed E-state index contributed by atoms with van der Waals surface area (Å²) in [5.41, 5.74) is 18.8. The maximum atomic E-state index is 5.93. The van der Waals surface area contributed by atoms with Crippen molar-refractivity contribution in [2.75, 3.05) is 29.5 Å². The highest BCUT2D eigenvalue weighted by Gasteiger charge is 2.19. The second-order valence-corrected chi connectivity index (χ2v) is 6.44. The third kappa shape index (κ3) is 2.65. The van der Waals surface area contributed by atoms with E-state index in [1.807, 2.05) is 18.2 Å². The molecule has 1 saturated heterocycles. The number of benzene rings is 2. The van der Waals surface area contributed by atoms with Crippen molar-refractivity contribution in [3.63, 3.8) is 0 Å². The van der Waals surface area contributed by atoms with E-state index in [4.69, 9.17) is 16.5 Å². The van der Waals surface area contributed by atoms with E-state index < -0.39 is 0 Å². The summed E-state index contributed by atoms with van der Waals surface area (Å²) in [5.74, 6) is 0. The van der Waals surface area contributed by atoms with Gasteiger partial charge in [-0.1, -0.05) is 6.07 Å². The van der Waals surface area contributed by atoms with Crippen molar-refractivity contribution in [1.82, 2.24) is 0 Å². The normalized spacial score (nSPS) is 17.0. The first-order valence-electron chi connectivity index (χ1n) is 8.31. The fourth-order valence-electron chi connectivity index (χ4n) is 3.46. The molecule has 2 aromatic rings. The van der Waals surface area contributed by atoms with Gasteiger partial charge >= 0.3 is 0 Å². The van der Waals surface area contributed by atoms with E-state index in [0.29, 0.717) is 11.4 Å². The highest BCUT2D eigenvalue weighted by molar-refractivity contribution is 6.07. The topological polar surface area (TPSA) is 67.6 Å². The molecular formula is C19H22N4. The summed E-state index contributed by atoms with van der Waals surface area (Å²) in [7, 11) is 0. The molecule has 0 spiro atoms. The van der Waals surface area contributed by atoms with Crippen molar-refractivity contribution >= 4 is 28.5 Å². The first kappa shape index (κ1) is 14.1. The van der Waals surface area contributed by atoms with Gasteiger partial charge in [0.1, 0.15) is 0 Å². The molecule has 0 atom stereocenters. The molecule has 4 nitrogen and oxygen atoms in total. The quantitative estimate of drug-likeness (QED) is 0.834. The Labute approximate surface area is 136 Å². The van der Waals surface area contributed by atoms with Gasteiger partial charge in [0, 0.05) is 25.2 Å². The van der Waals surface area contributed by atoms with Crippen LogP contribution in [0.25, 0.3) is 0 Å². The van der Waals surface area contributed by atoms with Crippen LogP contribution in [0.2, 0.25) is 0 Å². The molecule has 0 amide bonds. The average molecular weight is 306 g/mol. The lowest BCUT2D eigenvalue weighted by molar-refractivity contribution is 0.578. The average Bonchev–Trinajstić information content (AvgIpc) is 3.01. The minimum absolute atomic E-state index is 0.621. The number of anilines is 3. The molecule has 0 aromatic heterocycles. The summed E-state index contributed by atoms with van der Waals surface area (Å²) in [6, 6.07) is 12.4. The molecule has 23 heavy (non-hydrogen) atoms. The van der Waals surface area contributed by atoms with E-state index in [1.165, 1.54) is 43.6 Å². The van der Waals surface area contributed by atoms with Gasteiger partial charge in [-0.05, 0) is 60.7 Å². The Balaban J connectivity index is 1.59. The second kappa shape index (κ2) is 5.61. The van der Waals surface area contributed by atoms with Crippen molar-refractivity contribution in [3.8, 4) is 0 Å². The van der Waals surface area contributed by atoms with E-state index in [1.54, 1.807) is 0 Å². The van der Waals surface area contributed by atoms with Crippen LogP contribution in [0.5, 0.6) is 0 Å². The van der Waals surface area contributed by atoms with Crippen molar-refractivity contribution in [2.24, 2.45) is 4.99 Å². The summed E-state index contributed by atoms with van der Waals surface area (Å²) >= 11 is 0. The number of nitrogens with two attached hydrogens (primary N) is 2. The minimum atomic E-state index is 0.621. The molecule has 4 heteroatoms. The molecule has 1 fully saturated rings. The summed E-state index contributed by atoms with van der Waals surface area (Å²) in [4.78, 5) is 7.27. The molecule has 4 N–H and O–H groups in total. The van der Waals surface area contributed by atoms with E-state index in [0.717, 1.165) is 23.4 Å². The maximum Gasteiger partial charge on any atom is 0.0670 e. The lowest BCUT2D eigenvalue weighted by Gasteiger charge is -2.29. The zero-order valence-corrected chi connectivity index (χ0v) is 13.3. The van der Waals surface area contributed by atoms with Crippen molar-refractivity contribution in [3.05, 3.63) is 47.5 Å². The number of nitrogens with zero attached hydrogens (tertiary/aromatic N) is 2. The van der Waals surface area contributed by atoms with Gasteiger partial charge < -0.3 is 16.4 Å². The highest BCUT2D eigenvalue weighted by Crippen LogP contribution is 2.33. The van der Waals surface area contributed by atoms with Crippen molar-refractivity contribution in [1.29, 1.82) is 0 Å². The van der Waals surface area contributed by atoms with Gasteiger partial charge in [-0.2, -0.15) is 0 Å². The van der Waals surface area contributed by atoms with Gasteiger partial charge in [0.15, 0.2) is 0 Å². The van der Waals surface area contributed by atoms with Crippen molar-refractivity contribution in [2.45, 2.75) is 25.7 Å². The Hall–Kier alpha value is -2.49. The standard InChI is InChI=1S/C19H22N4/c20-16-6-4-13(11-17(16)21)19-12-14-10-15(5-7-18(14)22-19)23-8-2-1-3-9-23/h4-7,10-11H,1-3,8-9,12,20-21H2. The number of hydrogen-bond donors (Lipinski definition) is 2. The molecule has 0 aliphatic carbocycles. The zero-order chi connectivity index (χ0) is 15.8. The Morgan fingerprint density at radius 2 is 1.70 bits per heavy atom. The Morgan fingerprint density at radius 3 is 2.48 bits per heavy atom. The van der Waals surface area contributed by atoms with Gasteiger partial charge in [0.2, 0.25) is 0 Å². The van der Waals surface area contributed by atoms with Crippen LogP contribution in [0, 0.1) is 0 Å². The lowest BCUT2D eigenvalue weighted by atomic mass is 10.0. The number of piperidine rings is 1. The Kier molecular flexibility index (Phi) is 3.45. The molecule has 2 heterocycles. The predicted molar refractivity (Wildman–Crippen MR) is 97.7 cm³/mol. The largest absolute Gasteiger partial charge is 0.397 e. The van der Waals surface area contributed by atoms with E-state index in [9.17, 15) is 0 Å². The van der Waals surface area contributed by atoms with Crippen LogP contribution in [0.1, 0.15) is 30.4 Å². The first-order chi connectivity index (χ1) is 11.2. The smallest absolute Gasteiger partial charge is 0.0670 e. The molecule has 0 bridgehead atoms. The van der Waals surface area contributed by atoms with Crippen LogP contribution in [-0.2, 0) is 6.42 Å². The third-order valence-corrected chi connectivity index (χ3v) is 4.82. The van der Waals surface area contributed by atoms with Gasteiger partial charge in [-0.3, -0.25) is 4.99 Å².